The highest BCUT2D eigenvalue weighted by Crippen LogP contribution is 2.19. The summed E-state index contributed by atoms with van der Waals surface area (Å²) < 4.78 is 13.1. The second-order valence-corrected chi connectivity index (χ2v) is 6.56. The minimum absolute atomic E-state index is 0.0311. The number of benzene rings is 2. The van der Waals surface area contributed by atoms with Gasteiger partial charge in [0.2, 0.25) is 0 Å². The van der Waals surface area contributed by atoms with Crippen molar-refractivity contribution in [1.29, 1.82) is 0 Å². The molecule has 0 aromatic heterocycles. The van der Waals surface area contributed by atoms with Crippen molar-refractivity contribution in [2.45, 2.75) is 33.7 Å². The molecule has 4 heteroatoms. The Morgan fingerprint density at radius 3 is 2.42 bits per heavy atom. The van der Waals surface area contributed by atoms with Crippen LogP contribution < -0.4 is 10.6 Å². The molecule has 0 saturated carbocycles. The van der Waals surface area contributed by atoms with Gasteiger partial charge >= 0.3 is 0 Å². The first kappa shape index (κ1) is 18.1. The van der Waals surface area contributed by atoms with Crippen LogP contribution in [0.25, 0.3) is 0 Å². The molecule has 2 aromatic carbocycles. The van der Waals surface area contributed by atoms with Gasteiger partial charge < -0.3 is 10.6 Å². The van der Waals surface area contributed by atoms with E-state index in [1.165, 1.54) is 12.1 Å². The van der Waals surface area contributed by atoms with Crippen LogP contribution in [0.4, 0.5) is 10.1 Å². The average molecular weight is 329 g/mol. The lowest BCUT2D eigenvalue weighted by Crippen LogP contribution is -2.88. The van der Waals surface area contributed by atoms with Gasteiger partial charge in [-0.25, -0.2) is 4.39 Å². The number of amides is 1. The fraction of sp³-hybridized carbons (Fsp3) is 0.350. The van der Waals surface area contributed by atoms with Crippen molar-refractivity contribution in [2.75, 3.05) is 11.9 Å². The Morgan fingerprint density at radius 1 is 1.12 bits per heavy atom. The number of aryl methyl sites for hydroxylation is 1. The van der Waals surface area contributed by atoms with E-state index in [4.69, 9.17) is 0 Å². The summed E-state index contributed by atoms with van der Waals surface area (Å²) in [4.78, 5) is 12.3. The Balaban J connectivity index is 2.00. The summed E-state index contributed by atoms with van der Waals surface area (Å²) in [6.45, 7) is 8.57. The number of halogens is 1. The van der Waals surface area contributed by atoms with Crippen LogP contribution in [-0.4, -0.2) is 12.5 Å². The van der Waals surface area contributed by atoms with Crippen molar-refractivity contribution in [3.05, 3.63) is 65.0 Å². The number of nitrogens with two attached hydrogens (primary N) is 1. The van der Waals surface area contributed by atoms with Gasteiger partial charge in [0, 0.05) is 17.2 Å². The van der Waals surface area contributed by atoms with E-state index in [9.17, 15) is 9.18 Å². The Kier molecular flexibility index (Phi) is 6.10. The molecule has 0 aliphatic rings. The highest BCUT2D eigenvalue weighted by Gasteiger charge is 2.20. The molecule has 0 bridgehead atoms. The van der Waals surface area contributed by atoms with Crippen molar-refractivity contribution in [3.63, 3.8) is 0 Å². The van der Waals surface area contributed by atoms with Gasteiger partial charge in [-0.2, -0.15) is 0 Å². The number of rotatable bonds is 6. The summed E-state index contributed by atoms with van der Waals surface area (Å²) in [5.41, 5.74) is 4.13. The summed E-state index contributed by atoms with van der Waals surface area (Å²) in [6.07, 6.45) is 0. The molecular formula is C20H26FN2O+. The van der Waals surface area contributed by atoms with E-state index in [0.717, 1.165) is 22.4 Å². The van der Waals surface area contributed by atoms with Crippen LogP contribution in [0.2, 0.25) is 0 Å². The normalized spacial score (nSPS) is 12.2. The molecule has 0 spiro atoms. The van der Waals surface area contributed by atoms with Crippen LogP contribution in [0.15, 0.2) is 42.5 Å². The monoisotopic (exact) mass is 329 g/mol. The van der Waals surface area contributed by atoms with Crippen LogP contribution in [0.5, 0.6) is 0 Å². The second-order valence-electron chi connectivity index (χ2n) is 6.56. The Labute approximate surface area is 143 Å². The molecule has 0 heterocycles. The number of hydrogen-bond acceptors (Lipinski definition) is 1. The molecule has 3 N–H and O–H groups in total. The number of nitrogens with one attached hydrogen (secondary N) is 1. The van der Waals surface area contributed by atoms with E-state index in [2.05, 4.69) is 19.2 Å². The molecule has 1 amide bonds. The maximum Gasteiger partial charge on any atom is 0.279 e. The van der Waals surface area contributed by atoms with Crippen molar-refractivity contribution in [3.8, 4) is 0 Å². The highest BCUT2D eigenvalue weighted by atomic mass is 19.1. The summed E-state index contributed by atoms with van der Waals surface area (Å²) >= 11 is 0. The second kappa shape index (κ2) is 8.06. The molecule has 128 valence electrons. The molecule has 3 nitrogen and oxygen atoms in total. The van der Waals surface area contributed by atoms with Crippen LogP contribution in [0.3, 0.4) is 0 Å². The summed E-state index contributed by atoms with van der Waals surface area (Å²) in [5.74, 6) is 0.0642. The number of carbonyl (C=O) groups excluding carboxylic acids is 1. The molecule has 2 rings (SSSR count). The van der Waals surface area contributed by atoms with E-state index in [-0.39, 0.29) is 17.8 Å². The first-order chi connectivity index (χ1) is 11.4. The van der Waals surface area contributed by atoms with E-state index in [0.29, 0.717) is 12.5 Å². The zero-order valence-corrected chi connectivity index (χ0v) is 14.8. The van der Waals surface area contributed by atoms with Gasteiger partial charge in [0.1, 0.15) is 11.9 Å². The topological polar surface area (TPSA) is 45.7 Å². The number of anilines is 1. The molecule has 0 unspecified atom stereocenters. The predicted octanol–water partition coefficient (Wildman–Crippen LogP) is 3.34. The molecule has 0 saturated heterocycles. The van der Waals surface area contributed by atoms with Gasteiger partial charge in [0.15, 0.2) is 6.54 Å². The lowest BCUT2D eigenvalue weighted by molar-refractivity contribution is -0.692. The van der Waals surface area contributed by atoms with E-state index >= 15 is 0 Å². The summed E-state index contributed by atoms with van der Waals surface area (Å²) in [5, 5.41) is 4.99. The maximum absolute atomic E-state index is 13.1. The lowest BCUT2D eigenvalue weighted by Gasteiger charge is -2.19. The van der Waals surface area contributed by atoms with Crippen LogP contribution in [0.1, 0.15) is 36.6 Å². The molecule has 24 heavy (non-hydrogen) atoms. The third kappa shape index (κ3) is 4.65. The maximum atomic E-state index is 13.1. The largest absolute Gasteiger partial charge is 0.332 e. The van der Waals surface area contributed by atoms with Gasteiger partial charge in [-0.1, -0.05) is 38.1 Å². The average Bonchev–Trinajstić information content (AvgIpc) is 2.53. The summed E-state index contributed by atoms with van der Waals surface area (Å²) in [7, 11) is 0. The molecule has 0 radical (unpaired) electrons. The molecule has 1 atom stereocenters. The number of quaternary nitrogens is 1. The van der Waals surface area contributed by atoms with Crippen molar-refractivity contribution < 1.29 is 14.5 Å². The van der Waals surface area contributed by atoms with Crippen molar-refractivity contribution >= 4 is 11.6 Å². The first-order valence-corrected chi connectivity index (χ1v) is 8.33. The van der Waals surface area contributed by atoms with Crippen molar-refractivity contribution in [1.82, 2.24) is 0 Å². The minimum atomic E-state index is -0.242. The minimum Gasteiger partial charge on any atom is -0.332 e. The third-order valence-electron chi connectivity index (χ3n) is 4.41. The summed E-state index contributed by atoms with van der Waals surface area (Å²) in [6, 6.07) is 12.5. The van der Waals surface area contributed by atoms with E-state index < -0.39 is 0 Å². The zero-order valence-electron chi connectivity index (χ0n) is 14.8. The molecule has 0 fully saturated rings. The molecule has 0 aliphatic carbocycles. The smallest absolute Gasteiger partial charge is 0.279 e. The van der Waals surface area contributed by atoms with Gasteiger partial charge in [0.05, 0.1) is 0 Å². The van der Waals surface area contributed by atoms with E-state index in [1.807, 2.05) is 37.4 Å². The molecule has 2 aromatic rings. The van der Waals surface area contributed by atoms with E-state index in [1.54, 1.807) is 12.1 Å². The first-order valence-electron chi connectivity index (χ1n) is 8.33. The van der Waals surface area contributed by atoms with Crippen LogP contribution in [-0.2, 0) is 4.79 Å². The quantitative estimate of drug-likeness (QED) is 0.839. The van der Waals surface area contributed by atoms with Gasteiger partial charge in [-0.15, -0.1) is 0 Å². The van der Waals surface area contributed by atoms with Gasteiger partial charge in [-0.3, -0.25) is 4.79 Å². The molecule has 0 aliphatic heterocycles. The van der Waals surface area contributed by atoms with Crippen LogP contribution >= 0.6 is 0 Å². The SMILES string of the molecule is Cc1cccc(NC(=O)C[NH2+][C@H](c2ccc(F)cc2)C(C)C)c1C. The van der Waals surface area contributed by atoms with Gasteiger partial charge in [-0.05, 0) is 43.2 Å². The molecular weight excluding hydrogens is 303 g/mol. The standard InChI is InChI=1S/C20H25FN2O/c1-13(2)20(16-8-10-17(21)11-9-16)22-12-19(24)23-18-7-5-6-14(3)15(18)4/h5-11,13,20,22H,12H2,1-4H3,(H,23,24)/p+1/t20-/m0/s1. The zero-order chi connectivity index (χ0) is 17.7. The Hall–Kier alpha value is -2.20. The third-order valence-corrected chi connectivity index (χ3v) is 4.41. The van der Waals surface area contributed by atoms with Gasteiger partial charge in [0.25, 0.3) is 5.91 Å². The Bertz CT molecular complexity index is 695. The fourth-order valence-electron chi connectivity index (χ4n) is 2.80. The fourth-order valence-corrected chi connectivity index (χ4v) is 2.80. The Morgan fingerprint density at radius 2 is 1.79 bits per heavy atom. The number of carbonyl (C=O) groups is 1. The van der Waals surface area contributed by atoms with Crippen molar-refractivity contribution in [2.24, 2.45) is 5.92 Å². The highest BCUT2D eigenvalue weighted by molar-refractivity contribution is 5.92. The van der Waals surface area contributed by atoms with Crippen LogP contribution in [0, 0.1) is 25.6 Å². The number of hydrogen-bond donors (Lipinski definition) is 2. The predicted molar refractivity (Wildman–Crippen MR) is 95.3 cm³/mol. The lowest BCUT2D eigenvalue weighted by atomic mass is 9.96.